The first-order valence-corrected chi connectivity index (χ1v) is 12.2. The third kappa shape index (κ3) is 3.29. The Morgan fingerprint density at radius 2 is 1.24 bits per heavy atom. The summed E-state index contributed by atoms with van der Waals surface area (Å²) in [6.45, 7) is 0. The molecule has 0 aliphatic heterocycles. The van der Waals surface area contributed by atoms with Gasteiger partial charge >= 0.3 is 21.1 Å². The second-order valence-corrected chi connectivity index (χ2v) is 9.06. The SMILES string of the molecule is [Pt+2].[c-]1c(-n2cccn2)cccc1-n1c2[c-]c(-n3c4ccccc4c4cccnc43)ccc2c2ccccc21. The Bertz CT molecular complexity index is 2050. The van der Waals surface area contributed by atoms with Gasteiger partial charge in [-0.2, -0.15) is 17.2 Å². The predicted molar refractivity (Wildman–Crippen MR) is 148 cm³/mol. The van der Waals surface area contributed by atoms with Gasteiger partial charge in [0.15, 0.2) is 0 Å². The van der Waals surface area contributed by atoms with Gasteiger partial charge in [-0.15, -0.1) is 35.7 Å². The number of fused-ring (bicyclic) bond motifs is 6. The van der Waals surface area contributed by atoms with Crippen LogP contribution in [0.25, 0.3) is 60.8 Å². The maximum absolute atomic E-state index is 4.76. The summed E-state index contributed by atoms with van der Waals surface area (Å²) in [5.74, 6) is 0. The third-order valence-electron chi connectivity index (χ3n) is 7.00. The number of para-hydroxylation sites is 2. The molecule has 0 atom stereocenters. The van der Waals surface area contributed by atoms with Crippen LogP contribution in [0.4, 0.5) is 0 Å². The van der Waals surface area contributed by atoms with Gasteiger partial charge in [0.25, 0.3) is 0 Å². The smallest absolute Gasteiger partial charge is 0.358 e. The fourth-order valence-corrected chi connectivity index (χ4v) is 5.42. The Balaban J connectivity index is 0.00000242. The number of hydrogen-bond donors (Lipinski definition) is 0. The normalized spacial score (nSPS) is 11.5. The zero-order valence-corrected chi connectivity index (χ0v) is 22.3. The fourth-order valence-electron chi connectivity index (χ4n) is 5.42. The second-order valence-electron chi connectivity index (χ2n) is 9.06. The Labute approximate surface area is 232 Å². The van der Waals surface area contributed by atoms with Crippen LogP contribution in [0.3, 0.4) is 0 Å². The van der Waals surface area contributed by atoms with E-state index in [1.165, 1.54) is 10.8 Å². The molecule has 0 bridgehead atoms. The molecule has 0 unspecified atom stereocenters. The van der Waals surface area contributed by atoms with Crippen molar-refractivity contribution in [2.45, 2.75) is 0 Å². The van der Waals surface area contributed by atoms with Crippen LogP contribution in [0, 0.1) is 12.1 Å². The van der Waals surface area contributed by atoms with Crippen molar-refractivity contribution in [1.29, 1.82) is 0 Å². The van der Waals surface area contributed by atoms with E-state index < -0.39 is 0 Å². The largest absolute Gasteiger partial charge is 2.00 e. The van der Waals surface area contributed by atoms with Gasteiger partial charge in [-0.3, -0.25) is 4.68 Å². The summed E-state index contributed by atoms with van der Waals surface area (Å²) in [6.07, 6.45) is 5.56. The Hall–Kier alpha value is -4.47. The number of aromatic nitrogens is 5. The van der Waals surface area contributed by atoms with Crippen LogP contribution >= 0.6 is 0 Å². The number of benzene rings is 4. The molecule has 8 rings (SSSR count). The molecular formula is C32H19N5Pt. The van der Waals surface area contributed by atoms with E-state index in [1.807, 2.05) is 41.3 Å². The molecule has 38 heavy (non-hydrogen) atoms. The average molecular weight is 669 g/mol. The van der Waals surface area contributed by atoms with E-state index in [2.05, 4.69) is 99.2 Å². The van der Waals surface area contributed by atoms with E-state index in [9.17, 15) is 0 Å². The first kappa shape index (κ1) is 22.7. The van der Waals surface area contributed by atoms with Crippen molar-refractivity contribution in [2.24, 2.45) is 0 Å². The van der Waals surface area contributed by atoms with E-state index in [1.54, 1.807) is 6.20 Å². The summed E-state index contributed by atoms with van der Waals surface area (Å²) in [6, 6.07) is 40.8. The summed E-state index contributed by atoms with van der Waals surface area (Å²) < 4.78 is 6.27. The minimum atomic E-state index is 0. The zero-order chi connectivity index (χ0) is 24.3. The van der Waals surface area contributed by atoms with Gasteiger partial charge in [-0.1, -0.05) is 53.3 Å². The van der Waals surface area contributed by atoms with Crippen molar-refractivity contribution in [3.8, 4) is 17.1 Å². The molecule has 182 valence electrons. The molecule has 0 saturated carbocycles. The second kappa shape index (κ2) is 8.83. The molecular weight excluding hydrogens is 649 g/mol. The first-order valence-electron chi connectivity index (χ1n) is 12.2. The molecule has 8 aromatic rings. The number of rotatable bonds is 3. The summed E-state index contributed by atoms with van der Waals surface area (Å²) in [5, 5.41) is 9.03. The molecule has 0 radical (unpaired) electrons. The molecule has 5 nitrogen and oxygen atoms in total. The topological polar surface area (TPSA) is 40.6 Å². The number of hydrogen-bond acceptors (Lipinski definition) is 2. The van der Waals surface area contributed by atoms with Gasteiger partial charge in [0.05, 0.1) is 5.52 Å². The van der Waals surface area contributed by atoms with Crippen molar-refractivity contribution >= 4 is 43.7 Å². The molecule has 6 heteroatoms. The predicted octanol–water partition coefficient (Wildman–Crippen LogP) is 7.06. The molecule has 0 fully saturated rings. The molecule has 0 aliphatic rings. The van der Waals surface area contributed by atoms with Crippen LogP contribution in [0.5, 0.6) is 0 Å². The molecule has 0 aliphatic carbocycles. The van der Waals surface area contributed by atoms with Gasteiger partial charge in [0.2, 0.25) is 0 Å². The molecule has 4 aromatic heterocycles. The van der Waals surface area contributed by atoms with Crippen LogP contribution in [0.1, 0.15) is 0 Å². The average Bonchev–Trinajstić information content (AvgIpc) is 3.68. The van der Waals surface area contributed by atoms with Crippen LogP contribution in [-0.4, -0.2) is 23.9 Å². The van der Waals surface area contributed by atoms with Gasteiger partial charge in [0.1, 0.15) is 5.65 Å². The summed E-state index contributed by atoms with van der Waals surface area (Å²) in [4.78, 5) is 4.76. The van der Waals surface area contributed by atoms with Crippen molar-refractivity contribution < 1.29 is 21.1 Å². The van der Waals surface area contributed by atoms with Gasteiger partial charge in [-0.25, -0.2) is 4.98 Å². The molecule has 0 amide bonds. The van der Waals surface area contributed by atoms with Gasteiger partial charge in [-0.05, 0) is 41.4 Å². The maximum Gasteiger partial charge on any atom is 2.00 e. The van der Waals surface area contributed by atoms with Crippen molar-refractivity contribution in [3.05, 3.63) is 128 Å². The van der Waals surface area contributed by atoms with Crippen molar-refractivity contribution in [2.75, 3.05) is 0 Å². The van der Waals surface area contributed by atoms with E-state index in [0.29, 0.717) is 0 Å². The number of pyridine rings is 1. The minimum Gasteiger partial charge on any atom is -0.358 e. The van der Waals surface area contributed by atoms with Crippen LogP contribution in [0.15, 0.2) is 116 Å². The third-order valence-corrected chi connectivity index (χ3v) is 7.00. The minimum absolute atomic E-state index is 0. The van der Waals surface area contributed by atoms with E-state index in [4.69, 9.17) is 4.98 Å². The molecule has 0 N–H and O–H groups in total. The van der Waals surface area contributed by atoms with Crippen LogP contribution < -0.4 is 0 Å². The van der Waals surface area contributed by atoms with E-state index in [0.717, 1.165) is 50.0 Å². The summed E-state index contributed by atoms with van der Waals surface area (Å²) >= 11 is 0. The quantitative estimate of drug-likeness (QED) is 0.189. The Kier molecular flexibility index (Phi) is 5.27. The monoisotopic (exact) mass is 668 g/mol. The van der Waals surface area contributed by atoms with Crippen LogP contribution in [0.2, 0.25) is 0 Å². The van der Waals surface area contributed by atoms with Crippen molar-refractivity contribution in [1.82, 2.24) is 23.9 Å². The molecule has 0 spiro atoms. The van der Waals surface area contributed by atoms with Crippen LogP contribution in [-0.2, 0) is 21.1 Å². The van der Waals surface area contributed by atoms with Crippen molar-refractivity contribution in [3.63, 3.8) is 0 Å². The molecule has 4 heterocycles. The Morgan fingerprint density at radius 1 is 0.526 bits per heavy atom. The summed E-state index contributed by atoms with van der Waals surface area (Å²) in [5.41, 5.74) is 6.92. The first-order chi connectivity index (χ1) is 18.4. The molecule has 0 saturated heterocycles. The summed E-state index contributed by atoms with van der Waals surface area (Å²) in [7, 11) is 0. The van der Waals surface area contributed by atoms with E-state index >= 15 is 0 Å². The fraction of sp³-hybridized carbons (Fsp3) is 0. The van der Waals surface area contributed by atoms with Gasteiger partial charge < -0.3 is 9.13 Å². The Morgan fingerprint density at radius 3 is 2.05 bits per heavy atom. The van der Waals surface area contributed by atoms with E-state index in [-0.39, 0.29) is 21.1 Å². The standard InChI is InChI=1S/C32H19N5.Pt/c1-3-13-29-25(10-1)27-16-15-24(37-30-14-4-2-11-26(30)28-12-6-17-33-32(28)37)21-31(27)36(29)23-9-5-8-22(20-23)35-19-7-18-34-35;/h1-19H;/q-2;+2. The zero-order valence-electron chi connectivity index (χ0n) is 20.0. The number of nitrogens with zero attached hydrogens (tertiary/aromatic N) is 5. The maximum atomic E-state index is 4.76. The van der Waals surface area contributed by atoms with Gasteiger partial charge in [0, 0.05) is 34.9 Å². The molecule has 4 aromatic carbocycles.